The summed E-state index contributed by atoms with van der Waals surface area (Å²) in [6.45, 7) is 1.80. The first kappa shape index (κ1) is 17.4. The molecule has 2 aromatic rings. The smallest absolute Gasteiger partial charge is 0.230 e. The molecule has 3 nitrogen and oxygen atoms in total. The number of hydrogen-bond donors (Lipinski definition) is 0. The predicted octanol–water partition coefficient (Wildman–Crippen LogP) is 4.35. The van der Waals surface area contributed by atoms with Crippen molar-refractivity contribution >= 4 is 11.6 Å². The van der Waals surface area contributed by atoms with Gasteiger partial charge in [-0.3, -0.25) is 4.79 Å². The van der Waals surface area contributed by atoms with Gasteiger partial charge in [0.2, 0.25) is 5.91 Å². The molecule has 132 valence electrons. The van der Waals surface area contributed by atoms with Gasteiger partial charge in [0.25, 0.3) is 0 Å². The van der Waals surface area contributed by atoms with Gasteiger partial charge in [-0.1, -0.05) is 6.92 Å². The third-order valence-electron chi connectivity index (χ3n) is 4.39. The molecule has 1 amide bonds. The molecular formula is C20H21F2NO2. The van der Waals surface area contributed by atoms with Crippen LogP contribution in [0.1, 0.15) is 25.3 Å². The van der Waals surface area contributed by atoms with Gasteiger partial charge in [0.05, 0.1) is 7.11 Å². The summed E-state index contributed by atoms with van der Waals surface area (Å²) in [5.41, 5.74) is 1.31. The van der Waals surface area contributed by atoms with Crippen molar-refractivity contribution in [2.24, 2.45) is 5.92 Å². The van der Waals surface area contributed by atoms with E-state index in [2.05, 4.69) is 0 Å². The van der Waals surface area contributed by atoms with Gasteiger partial charge in [0, 0.05) is 23.7 Å². The standard InChI is InChI=1S/C20H21F2NO2/c1-13(9-14-10-15(21)12-16(22)11-14)20(24)23(17-3-4-17)18-5-7-19(25-2)8-6-18/h5-8,10-13,17H,3-4,9H2,1-2H3/t13-/m0/s1. The van der Waals surface area contributed by atoms with E-state index in [1.54, 1.807) is 18.9 Å². The van der Waals surface area contributed by atoms with E-state index in [1.807, 2.05) is 24.3 Å². The summed E-state index contributed by atoms with van der Waals surface area (Å²) < 4.78 is 31.9. The van der Waals surface area contributed by atoms with Crippen LogP contribution in [0.3, 0.4) is 0 Å². The SMILES string of the molecule is COc1ccc(N(C(=O)[C@@H](C)Cc2cc(F)cc(F)c2)C2CC2)cc1. The minimum atomic E-state index is -0.621. The van der Waals surface area contributed by atoms with Crippen LogP contribution in [0.2, 0.25) is 0 Å². The average Bonchev–Trinajstić information content (AvgIpc) is 3.39. The van der Waals surface area contributed by atoms with Gasteiger partial charge < -0.3 is 9.64 Å². The Morgan fingerprint density at radius 3 is 2.28 bits per heavy atom. The Bertz CT molecular complexity index is 737. The Morgan fingerprint density at radius 2 is 1.76 bits per heavy atom. The molecule has 1 fully saturated rings. The molecule has 2 aromatic carbocycles. The topological polar surface area (TPSA) is 29.5 Å². The second-order valence-electron chi connectivity index (χ2n) is 6.52. The normalized spacial score (nSPS) is 14.9. The number of ether oxygens (including phenoxy) is 1. The molecule has 0 heterocycles. The van der Waals surface area contributed by atoms with Crippen molar-refractivity contribution in [1.29, 1.82) is 0 Å². The van der Waals surface area contributed by atoms with E-state index in [1.165, 1.54) is 12.1 Å². The van der Waals surface area contributed by atoms with E-state index in [9.17, 15) is 13.6 Å². The lowest BCUT2D eigenvalue weighted by atomic mass is 9.99. The van der Waals surface area contributed by atoms with Gasteiger partial charge in [-0.15, -0.1) is 0 Å². The number of benzene rings is 2. The van der Waals surface area contributed by atoms with Crippen LogP contribution in [0.25, 0.3) is 0 Å². The number of nitrogens with zero attached hydrogens (tertiary/aromatic N) is 1. The maximum Gasteiger partial charge on any atom is 0.230 e. The Morgan fingerprint density at radius 1 is 1.16 bits per heavy atom. The van der Waals surface area contributed by atoms with Crippen LogP contribution < -0.4 is 9.64 Å². The lowest BCUT2D eigenvalue weighted by molar-refractivity contribution is -0.122. The molecule has 0 spiro atoms. The first-order chi connectivity index (χ1) is 12.0. The first-order valence-corrected chi connectivity index (χ1v) is 8.40. The molecule has 1 aliphatic rings. The van der Waals surface area contributed by atoms with E-state index in [0.29, 0.717) is 12.0 Å². The Labute approximate surface area is 146 Å². The molecule has 0 unspecified atom stereocenters. The highest BCUT2D eigenvalue weighted by Gasteiger charge is 2.35. The van der Waals surface area contributed by atoms with Gasteiger partial charge in [-0.05, 0) is 61.2 Å². The molecule has 0 saturated heterocycles. The molecule has 1 saturated carbocycles. The van der Waals surface area contributed by atoms with Crippen LogP contribution in [0, 0.1) is 17.6 Å². The van der Waals surface area contributed by atoms with E-state index in [0.717, 1.165) is 30.3 Å². The Kier molecular flexibility index (Phi) is 5.02. The number of anilines is 1. The van der Waals surface area contributed by atoms with Crippen LogP contribution in [0.4, 0.5) is 14.5 Å². The highest BCUT2D eigenvalue weighted by atomic mass is 19.1. The van der Waals surface area contributed by atoms with E-state index >= 15 is 0 Å². The van der Waals surface area contributed by atoms with Crippen LogP contribution in [-0.4, -0.2) is 19.1 Å². The quantitative estimate of drug-likeness (QED) is 0.779. The minimum Gasteiger partial charge on any atom is -0.497 e. The Hall–Kier alpha value is -2.43. The molecule has 1 atom stereocenters. The molecule has 5 heteroatoms. The van der Waals surface area contributed by atoms with E-state index < -0.39 is 11.6 Å². The number of carbonyl (C=O) groups excluding carboxylic acids is 1. The van der Waals surface area contributed by atoms with Crippen LogP contribution >= 0.6 is 0 Å². The molecule has 0 aromatic heterocycles. The second kappa shape index (κ2) is 7.21. The van der Waals surface area contributed by atoms with Gasteiger partial charge in [0.1, 0.15) is 17.4 Å². The number of hydrogen-bond acceptors (Lipinski definition) is 2. The lowest BCUT2D eigenvalue weighted by Gasteiger charge is -2.26. The van der Waals surface area contributed by atoms with Crippen LogP contribution in [0.5, 0.6) is 5.75 Å². The van der Waals surface area contributed by atoms with Crippen molar-refractivity contribution in [2.45, 2.75) is 32.2 Å². The highest BCUT2D eigenvalue weighted by molar-refractivity contribution is 5.96. The minimum absolute atomic E-state index is 0.0302. The summed E-state index contributed by atoms with van der Waals surface area (Å²) in [5.74, 6) is -0.913. The fraction of sp³-hybridized carbons (Fsp3) is 0.350. The number of halogens is 2. The summed E-state index contributed by atoms with van der Waals surface area (Å²) in [6.07, 6.45) is 2.24. The maximum atomic E-state index is 13.4. The van der Waals surface area contributed by atoms with Crippen molar-refractivity contribution in [3.05, 3.63) is 59.7 Å². The summed E-state index contributed by atoms with van der Waals surface area (Å²) in [5, 5.41) is 0. The summed E-state index contributed by atoms with van der Waals surface area (Å²) in [7, 11) is 1.60. The number of rotatable bonds is 6. The van der Waals surface area contributed by atoms with Crippen LogP contribution in [-0.2, 0) is 11.2 Å². The molecule has 25 heavy (non-hydrogen) atoms. The monoisotopic (exact) mass is 345 g/mol. The predicted molar refractivity (Wildman–Crippen MR) is 92.7 cm³/mol. The zero-order chi connectivity index (χ0) is 18.0. The number of amides is 1. The first-order valence-electron chi connectivity index (χ1n) is 8.40. The largest absolute Gasteiger partial charge is 0.497 e. The molecular weight excluding hydrogens is 324 g/mol. The van der Waals surface area contributed by atoms with E-state index in [-0.39, 0.29) is 17.9 Å². The molecule has 1 aliphatic carbocycles. The average molecular weight is 345 g/mol. The number of carbonyl (C=O) groups is 1. The molecule has 0 bridgehead atoms. The Balaban J connectivity index is 1.77. The highest BCUT2D eigenvalue weighted by Crippen LogP contribution is 2.34. The third-order valence-corrected chi connectivity index (χ3v) is 4.39. The van der Waals surface area contributed by atoms with Crippen molar-refractivity contribution in [1.82, 2.24) is 0 Å². The fourth-order valence-corrected chi connectivity index (χ4v) is 3.00. The summed E-state index contributed by atoms with van der Waals surface area (Å²) >= 11 is 0. The van der Waals surface area contributed by atoms with Gasteiger partial charge in [-0.25, -0.2) is 8.78 Å². The van der Waals surface area contributed by atoms with Gasteiger partial charge in [0.15, 0.2) is 0 Å². The zero-order valence-corrected chi connectivity index (χ0v) is 14.3. The van der Waals surface area contributed by atoms with Crippen molar-refractivity contribution in [3.63, 3.8) is 0 Å². The third kappa shape index (κ3) is 4.16. The summed E-state index contributed by atoms with van der Waals surface area (Å²) in [4.78, 5) is 14.8. The summed E-state index contributed by atoms with van der Waals surface area (Å²) in [6, 6.07) is 11.0. The van der Waals surface area contributed by atoms with Crippen molar-refractivity contribution in [3.8, 4) is 5.75 Å². The van der Waals surface area contributed by atoms with Gasteiger partial charge in [-0.2, -0.15) is 0 Å². The second-order valence-corrected chi connectivity index (χ2v) is 6.52. The zero-order valence-electron chi connectivity index (χ0n) is 14.3. The fourth-order valence-electron chi connectivity index (χ4n) is 3.00. The molecule has 3 rings (SSSR count). The maximum absolute atomic E-state index is 13.4. The van der Waals surface area contributed by atoms with Gasteiger partial charge >= 0.3 is 0 Å². The van der Waals surface area contributed by atoms with Crippen LogP contribution in [0.15, 0.2) is 42.5 Å². The number of methoxy groups -OCH3 is 1. The molecule has 0 radical (unpaired) electrons. The molecule has 0 N–H and O–H groups in total. The van der Waals surface area contributed by atoms with E-state index in [4.69, 9.17) is 4.74 Å². The van der Waals surface area contributed by atoms with Crippen molar-refractivity contribution in [2.75, 3.05) is 12.0 Å². The van der Waals surface area contributed by atoms with Crippen molar-refractivity contribution < 1.29 is 18.3 Å². The molecule has 0 aliphatic heterocycles. The lowest BCUT2D eigenvalue weighted by Crippen LogP contribution is -2.37.